The van der Waals surface area contributed by atoms with E-state index in [1.54, 1.807) is 36.7 Å². The van der Waals surface area contributed by atoms with E-state index in [1.165, 1.54) is 4.90 Å². The van der Waals surface area contributed by atoms with Crippen LogP contribution in [-0.2, 0) is 16.1 Å². The molecular weight excluding hydrogens is 476 g/mol. The third kappa shape index (κ3) is 3.52. The van der Waals surface area contributed by atoms with Crippen molar-refractivity contribution in [1.82, 2.24) is 9.88 Å². The van der Waals surface area contributed by atoms with Gasteiger partial charge in [0.15, 0.2) is 11.5 Å². The molecule has 1 amide bonds. The number of nitrogens with zero attached hydrogens (tertiary/aromatic N) is 2. The highest BCUT2D eigenvalue weighted by Crippen LogP contribution is 2.42. The van der Waals surface area contributed by atoms with E-state index in [0.717, 1.165) is 10.0 Å². The Morgan fingerprint density at radius 3 is 2.72 bits per heavy atom. The van der Waals surface area contributed by atoms with E-state index in [2.05, 4.69) is 20.9 Å². The van der Waals surface area contributed by atoms with E-state index < -0.39 is 17.7 Å². The lowest BCUT2D eigenvalue weighted by molar-refractivity contribution is -0.140. The van der Waals surface area contributed by atoms with Gasteiger partial charge in [-0.05, 0) is 47.5 Å². The summed E-state index contributed by atoms with van der Waals surface area (Å²) >= 11 is 3.45. The van der Waals surface area contributed by atoms with Gasteiger partial charge in [0, 0.05) is 29.0 Å². The minimum absolute atomic E-state index is 0.0239. The highest BCUT2D eigenvalue weighted by atomic mass is 79.9. The molecule has 0 spiro atoms. The SMILES string of the molecule is O=C1C(=O)N(Cc2cccnc2)C(c2cccc(Br)c2)/C1=C(/O)c1ccc2c(c1)OCO2. The first-order valence-corrected chi connectivity index (χ1v) is 10.6. The van der Waals surface area contributed by atoms with Crippen molar-refractivity contribution in [2.75, 3.05) is 6.79 Å². The third-order valence-corrected chi connectivity index (χ3v) is 5.92. The third-order valence-electron chi connectivity index (χ3n) is 5.43. The van der Waals surface area contributed by atoms with Gasteiger partial charge >= 0.3 is 0 Å². The summed E-state index contributed by atoms with van der Waals surface area (Å²) in [5.41, 5.74) is 1.87. The molecule has 1 aromatic heterocycles. The standard InChI is InChI=1S/C24H17BrN2O5/c25-17-5-1-4-15(9-17)21-20(22(28)16-6-7-18-19(10-16)32-13-31-18)23(29)24(30)27(21)12-14-3-2-8-26-11-14/h1-11,21,28H,12-13H2/b22-20-. The molecule has 2 aliphatic rings. The zero-order chi connectivity index (χ0) is 22.2. The van der Waals surface area contributed by atoms with Crippen LogP contribution in [0.1, 0.15) is 22.7 Å². The van der Waals surface area contributed by atoms with Crippen molar-refractivity contribution in [2.45, 2.75) is 12.6 Å². The fourth-order valence-electron chi connectivity index (χ4n) is 3.95. The predicted octanol–water partition coefficient (Wildman–Crippen LogP) is 4.19. The van der Waals surface area contributed by atoms with Gasteiger partial charge in [0.1, 0.15) is 5.76 Å². The second-order valence-corrected chi connectivity index (χ2v) is 8.33. The number of aliphatic hydroxyl groups excluding tert-OH is 1. The summed E-state index contributed by atoms with van der Waals surface area (Å²) in [7, 11) is 0. The number of ketones is 1. The Morgan fingerprint density at radius 1 is 1.09 bits per heavy atom. The molecule has 2 aliphatic heterocycles. The van der Waals surface area contributed by atoms with Crippen LogP contribution in [0.3, 0.4) is 0 Å². The molecule has 8 heteroatoms. The van der Waals surface area contributed by atoms with Crippen LogP contribution in [0.5, 0.6) is 11.5 Å². The fourth-order valence-corrected chi connectivity index (χ4v) is 4.37. The Hall–Kier alpha value is -3.65. The Kier molecular flexibility index (Phi) is 5.14. The number of carbonyl (C=O) groups is 2. The monoisotopic (exact) mass is 492 g/mol. The van der Waals surface area contributed by atoms with Crippen molar-refractivity contribution in [3.63, 3.8) is 0 Å². The van der Waals surface area contributed by atoms with Crippen molar-refractivity contribution >= 4 is 33.4 Å². The van der Waals surface area contributed by atoms with Gasteiger partial charge in [-0.25, -0.2) is 0 Å². The van der Waals surface area contributed by atoms with E-state index >= 15 is 0 Å². The number of aromatic nitrogens is 1. The maximum atomic E-state index is 13.1. The quantitative estimate of drug-likeness (QED) is 0.333. The van der Waals surface area contributed by atoms with E-state index in [0.29, 0.717) is 22.6 Å². The lowest BCUT2D eigenvalue weighted by atomic mass is 9.95. The van der Waals surface area contributed by atoms with Gasteiger partial charge in [-0.15, -0.1) is 0 Å². The number of rotatable bonds is 4. The average molecular weight is 493 g/mol. The van der Waals surface area contributed by atoms with Gasteiger partial charge in [0.2, 0.25) is 6.79 Å². The molecule has 0 radical (unpaired) electrons. The molecular formula is C24H17BrN2O5. The molecule has 5 rings (SSSR count). The molecule has 3 heterocycles. The number of carbonyl (C=O) groups excluding carboxylic acids is 2. The molecule has 1 N–H and O–H groups in total. The summed E-state index contributed by atoms with van der Waals surface area (Å²) < 4.78 is 11.5. The maximum Gasteiger partial charge on any atom is 0.295 e. The number of aliphatic hydroxyl groups is 1. The van der Waals surface area contributed by atoms with Crippen molar-refractivity contribution in [3.8, 4) is 11.5 Å². The minimum Gasteiger partial charge on any atom is -0.507 e. The number of benzene rings is 2. The minimum atomic E-state index is -0.766. The van der Waals surface area contributed by atoms with Crippen LogP contribution in [0.2, 0.25) is 0 Å². The summed E-state index contributed by atoms with van der Waals surface area (Å²) in [5.74, 6) is -0.657. The van der Waals surface area contributed by atoms with Crippen molar-refractivity contribution in [2.24, 2.45) is 0 Å². The zero-order valence-corrected chi connectivity index (χ0v) is 18.3. The van der Waals surface area contributed by atoms with Gasteiger partial charge in [-0.3, -0.25) is 14.6 Å². The number of likely N-dealkylation sites (tertiary alicyclic amines) is 1. The largest absolute Gasteiger partial charge is 0.507 e. The normalized spacial score (nSPS) is 18.9. The predicted molar refractivity (Wildman–Crippen MR) is 119 cm³/mol. The molecule has 0 saturated carbocycles. The number of Topliss-reactive ketones (excluding diaryl/α,β-unsaturated/α-hetero) is 1. The number of fused-ring (bicyclic) bond motifs is 1. The molecule has 32 heavy (non-hydrogen) atoms. The number of amides is 1. The Balaban J connectivity index is 1.65. The first-order valence-electron chi connectivity index (χ1n) is 9.86. The van der Waals surface area contributed by atoms with Crippen molar-refractivity contribution < 1.29 is 24.2 Å². The highest BCUT2D eigenvalue weighted by Gasteiger charge is 2.46. The highest BCUT2D eigenvalue weighted by molar-refractivity contribution is 9.10. The maximum absolute atomic E-state index is 13.1. The van der Waals surface area contributed by atoms with Crippen LogP contribution in [0, 0.1) is 0 Å². The first kappa shape index (κ1) is 20.3. The molecule has 1 fully saturated rings. The van der Waals surface area contributed by atoms with E-state index in [-0.39, 0.29) is 24.7 Å². The smallest absolute Gasteiger partial charge is 0.295 e. The second kappa shape index (κ2) is 8.12. The molecule has 0 aliphatic carbocycles. The van der Waals surface area contributed by atoms with E-state index in [9.17, 15) is 14.7 Å². The molecule has 3 aromatic rings. The van der Waals surface area contributed by atoms with Crippen LogP contribution in [0.4, 0.5) is 0 Å². The lowest BCUT2D eigenvalue weighted by Gasteiger charge is -2.25. The fraction of sp³-hybridized carbons (Fsp3) is 0.125. The van der Waals surface area contributed by atoms with Crippen LogP contribution in [0.25, 0.3) is 5.76 Å². The summed E-state index contributed by atoms with van der Waals surface area (Å²) in [6.45, 7) is 0.264. The summed E-state index contributed by atoms with van der Waals surface area (Å²) in [6.07, 6.45) is 3.29. The zero-order valence-electron chi connectivity index (χ0n) is 16.7. The first-order chi connectivity index (χ1) is 15.5. The van der Waals surface area contributed by atoms with Crippen LogP contribution in [0.15, 0.2) is 77.0 Å². The topological polar surface area (TPSA) is 89.0 Å². The van der Waals surface area contributed by atoms with Crippen LogP contribution in [-0.4, -0.2) is 33.5 Å². The number of ether oxygens (including phenoxy) is 2. The van der Waals surface area contributed by atoms with Crippen LogP contribution >= 0.6 is 15.9 Å². The van der Waals surface area contributed by atoms with Gasteiger partial charge < -0.3 is 19.5 Å². The van der Waals surface area contributed by atoms with Crippen molar-refractivity contribution in [3.05, 3.63) is 93.7 Å². The number of hydrogen-bond donors (Lipinski definition) is 1. The molecule has 1 saturated heterocycles. The van der Waals surface area contributed by atoms with Gasteiger partial charge in [-0.2, -0.15) is 0 Å². The van der Waals surface area contributed by atoms with Crippen molar-refractivity contribution in [1.29, 1.82) is 0 Å². The Labute approximate surface area is 192 Å². The van der Waals surface area contributed by atoms with E-state index in [4.69, 9.17) is 9.47 Å². The van der Waals surface area contributed by atoms with Gasteiger partial charge in [0.05, 0.1) is 11.6 Å². The molecule has 1 unspecified atom stereocenters. The second-order valence-electron chi connectivity index (χ2n) is 7.41. The summed E-state index contributed by atoms with van der Waals surface area (Å²) in [5, 5.41) is 11.2. The summed E-state index contributed by atoms with van der Waals surface area (Å²) in [6, 6.07) is 15.1. The molecule has 1 atom stereocenters. The molecule has 2 aromatic carbocycles. The number of hydrogen-bond acceptors (Lipinski definition) is 6. The van der Waals surface area contributed by atoms with Crippen LogP contribution < -0.4 is 9.47 Å². The van der Waals surface area contributed by atoms with Gasteiger partial charge in [-0.1, -0.05) is 34.1 Å². The van der Waals surface area contributed by atoms with Gasteiger partial charge in [0.25, 0.3) is 11.7 Å². The molecule has 160 valence electrons. The molecule has 0 bridgehead atoms. The summed E-state index contributed by atoms with van der Waals surface area (Å²) in [4.78, 5) is 31.8. The lowest BCUT2D eigenvalue weighted by Crippen LogP contribution is -2.29. The number of pyridine rings is 1. The molecule has 7 nitrogen and oxygen atoms in total. The Bertz CT molecular complexity index is 1260. The average Bonchev–Trinajstić information content (AvgIpc) is 3.37. The number of halogens is 1. The van der Waals surface area contributed by atoms with E-state index in [1.807, 2.05) is 30.3 Å². The Morgan fingerprint density at radius 2 is 1.94 bits per heavy atom.